The number of esters is 1. The van der Waals surface area contributed by atoms with E-state index in [0.717, 1.165) is 31.8 Å². The molecule has 35 heavy (non-hydrogen) atoms. The van der Waals surface area contributed by atoms with E-state index in [-0.39, 0.29) is 12.2 Å². The highest BCUT2D eigenvalue weighted by molar-refractivity contribution is 6.09. The molecule has 2 rings (SSSR count). The maximum absolute atomic E-state index is 13.4. The quantitative estimate of drug-likeness (QED) is 0.116. The third-order valence-corrected chi connectivity index (χ3v) is 5.94. The Morgan fingerprint density at radius 3 is 1.94 bits per heavy atom. The van der Waals surface area contributed by atoms with Gasteiger partial charge in [-0.2, -0.15) is 13.2 Å². The van der Waals surface area contributed by atoms with Gasteiger partial charge in [0.25, 0.3) is 0 Å². The van der Waals surface area contributed by atoms with Crippen LogP contribution >= 0.6 is 0 Å². The molecule has 0 aromatic heterocycles. The largest absolute Gasteiger partial charge is 0.449 e. The number of ketones is 1. The summed E-state index contributed by atoms with van der Waals surface area (Å²) >= 11 is 0. The summed E-state index contributed by atoms with van der Waals surface area (Å²) in [5.41, 5.74) is 1.44. The van der Waals surface area contributed by atoms with Crippen LogP contribution in [-0.4, -0.2) is 17.9 Å². The minimum Gasteiger partial charge on any atom is -0.421 e. The van der Waals surface area contributed by atoms with Gasteiger partial charge in [-0.3, -0.25) is 9.59 Å². The molecule has 0 radical (unpaired) electrons. The first-order valence-electron chi connectivity index (χ1n) is 12.4. The van der Waals surface area contributed by atoms with E-state index in [9.17, 15) is 22.8 Å². The molecule has 0 aliphatic rings. The van der Waals surface area contributed by atoms with Crippen LogP contribution in [0.2, 0.25) is 0 Å². The second-order valence-electron chi connectivity index (χ2n) is 8.79. The molecule has 2 aromatic rings. The average Bonchev–Trinajstić information content (AvgIpc) is 2.86. The van der Waals surface area contributed by atoms with E-state index in [4.69, 9.17) is 4.74 Å². The fraction of sp³-hybridized carbons (Fsp3) is 0.448. The van der Waals surface area contributed by atoms with Crippen molar-refractivity contribution in [1.82, 2.24) is 0 Å². The third kappa shape index (κ3) is 9.71. The number of benzene rings is 2. The predicted octanol–water partition coefficient (Wildman–Crippen LogP) is 8.54. The Labute approximate surface area is 206 Å². The van der Waals surface area contributed by atoms with Crippen LogP contribution in [-0.2, 0) is 9.53 Å². The highest BCUT2D eigenvalue weighted by Crippen LogP contribution is 2.30. The van der Waals surface area contributed by atoms with Crippen LogP contribution in [0.25, 0.3) is 0 Å². The first-order chi connectivity index (χ1) is 16.7. The fourth-order valence-electron chi connectivity index (χ4n) is 3.74. The van der Waals surface area contributed by atoms with E-state index in [1.54, 1.807) is 48.5 Å². The van der Waals surface area contributed by atoms with Gasteiger partial charge in [-0.25, -0.2) is 0 Å². The number of ether oxygens (including phenoxy) is 1. The van der Waals surface area contributed by atoms with E-state index in [0.29, 0.717) is 23.1 Å². The summed E-state index contributed by atoms with van der Waals surface area (Å²) in [6.07, 6.45) is 4.79. The second-order valence-corrected chi connectivity index (χ2v) is 8.79. The molecule has 0 spiro atoms. The van der Waals surface area contributed by atoms with Gasteiger partial charge in [0.2, 0.25) is 5.76 Å². The van der Waals surface area contributed by atoms with Crippen LogP contribution in [0, 0.1) is 0 Å². The van der Waals surface area contributed by atoms with Crippen LogP contribution in [0.3, 0.4) is 0 Å². The standard InChI is InChI=1S/C29H35F3O3/c1-3-4-5-6-7-8-9-10-14-17-26(29(30,31)32)35-28(34)22(2)23-18-20-25(21-19-23)27(33)24-15-12-11-13-16-24/h11-13,15-22H,3-10,14H2,1-2H3/b26-17+. The van der Waals surface area contributed by atoms with E-state index < -0.39 is 23.8 Å². The average molecular weight is 489 g/mol. The smallest absolute Gasteiger partial charge is 0.421 e. The molecule has 0 bridgehead atoms. The van der Waals surface area contributed by atoms with Gasteiger partial charge in [0.05, 0.1) is 5.92 Å². The zero-order valence-electron chi connectivity index (χ0n) is 20.6. The Hall–Kier alpha value is -2.89. The zero-order chi connectivity index (χ0) is 25.7. The molecule has 1 atom stereocenters. The summed E-state index contributed by atoms with van der Waals surface area (Å²) in [6.45, 7) is 3.64. The lowest BCUT2D eigenvalue weighted by Crippen LogP contribution is -2.21. The molecule has 0 saturated carbocycles. The van der Waals surface area contributed by atoms with Crippen LogP contribution < -0.4 is 0 Å². The highest BCUT2D eigenvalue weighted by Gasteiger charge is 2.38. The maximum Gasteiger partial charge on any atom is 0.449 e. The van der Waals surface area contributed by atoms with Gasteiger partial charge >= 0.3 is 12.1 Å². The predicted molar refractivity (Wildman–Crippen MR) is 132 cm³/mol. The van der Waals surface area contributed by atoms with Crippen LogP contribution in [0.4, 0.5) is 13.2 Å². The topological polar surface area (TPSA) is 43.4 Å². The van der Waals surface area contributed by atoms with Gasteiger partial charge in [0.15, 0.2) is 5.78 Å². The molecular formula is C29H35F3O3. The normalized spacial score (nSPS) is 12.9. The minimum atomic E-state index is -4.73. The summed E-state index contributed by atoms with van der Waals surface area (Å²) in [5, 5.41) is 0. The van der Waals surface area contributed by atoms with Crippen molar-refractivity contribution in [2.24, 2.45) is 0 Å². The van der Waals surface area contributed by atoms with E-state index >= 15 is 0 Å². The number of alkyl halides is 3. The molecule has 0 heterocycles. The van der Waals surface area contributed by atoms with E-state index in [1.807, 2.05) is 6.07 Å². The van der Waals surface area contributed by atoms with E-state index in [2.05, 4.69) is 6.92 Å². The first kappa shape index (κ1) is 28.3. The zero-order valence-corrected chi connectivity index (χ0v) is 20.6. The summed E-state index contributed by atoms with van der Waals surface area (Å²) in [4.78, 5) is 25.0. The number of carbonyl (C=O) groups excluding carboxylic acids is 2. The third-order valence-electron chi connectivity index (χ3n) is 5.94. The molecule has 3 nitrogen and oxygen atoms in total. The van der Waals surface area contributed by atoms with Crippen molar-refractivity contribution in [3.05, 3.63) is 83.1 Å². The van der Waals surface area contributed by atoms with Gasteiger partial charge in [0, 0.05) is 11.1 Å². The highest BCUT2D eigenvalue weighted by atomic mass is 19.4. The molecule has 6 heteroatoms. The Morgan fingerprint density at radius 1 is 0.829 bits per heavy atom. The van der Waals surface area contributed by atoms with Gasteiger partial charge in [-0.1, -0.05) is 106 Å². The van der Waals surface area contributed by atoms with Gasteiger partial charge in [0.1, 0.15) is 0 Å². The number of hydrogen-bond donors (Lipinski definition) is 0. The van der Waals surface area contributed by atoms with Crippen molar-refractivity contribution >= 4 is 11.8 Å². The minimum absolute atomic E-state index is 0.171. The Balaban J connectivity index is 1.91. The number of allylic oxidation sites excluding steroid dienone is 2. The van der Waals surface area contributed by atoms with Gasteiger partial charge in [-0.05, 0) is 31.4 Å². The summed E-state index contributed by atoms with van der Waals surface area (Å²) in [5.74, 6) is -3.32. The van der Waals surface area contributed by atoms with Gasteiger partial charge < -0.3 is 4.74 Å². The van der Waals surface area contributed by atoms with Crippen molar-refractivity contribution in [2.45, 2.75) is 83.7 Å². The molecule has 0 saturated heterocycles. The van der Waals surface area contributed by atoms with E-state index in [1.165, 1.54) is 26.2 Å². The van der Waals surface area contributed by atoms with Crippen molar-refractivity contribution in [3.8, 4) is 0 Å². The Morgan fingerprint density at radius 2 is 1.37 bits per heavy atom. The lowest BCUT2D eigenvalue weighted by molar-refractivity contribution is -0.161. The number of unbranched alkanes of at least 4 members (excludes halogenated alkanes) is 8. The summed E-state index contributed by atoms with van der Waals surface area (Å²) < 4.78 is 45.0. The van der Waals surface area contributed by atoms with Crippen molar-refractivity contribution in [1.29, 1.82) is 0 Å². The lowest BCUT2D eigenvalue weighted by Gasteiger charge is -2.16. The first-order valence-corrected chi connectivity index (χ1v) is 12.4. The molecule has 0 N–H and O–H groups in total. The second kappa shape index (κ2) is 14.5. The molecule has 0 fully saturated rings. The monoisotopic (exact) mass is 488 g/mol. The number of rotatable bonds is 14. The molecular weight excluding hydrogens is 453 g/mol. The summed E-state index contributed by atoms with van der Waals surface area (Å²) in [6, 6.07) is 15.0. The lowest BCUT2D eigenvalue weighted by atomic mass is 9.97. The fourth-order valence-corrected chi connectivity index (χ4v) is 3.74. The number of halogens is 3. The van der Waals surface area contributed by atoms with Crippen molar-refractivity contribution < 1.29 is 27.5 Å². The molecule has 1 unspecified atom stereocenters. The van der Waals surface area contributed by atoms with Crippen LogP contribution in [0.5, 0.6) is 0 Å². The van der Waals surface area contributed by atoms with Crippen molar-refractivity contribution in [3.63, 3.8) is 0 Å². The van der Waals surface area contributed by atoms with Crippen LogP contribution in [0.15, 0.2) is 66.4 Å². The maximum atomic E-state index is 13.4. The number of hydrogen-bond acceptors (Lipinski definition) is 3. The summed E-state index contributed by atoms with van der Waals surface area (Å²) in [7, 11) is 0. The molecule has 190 valence electrons. The number of carbonyl (C=O) groups is 2. The van der Waals surface area contributed by atoms with Crippen molar-refractivity contribution in [2.75, 3.05) is 0 Å². The molecule has 2 aromatic carbocycles. The van der Waals surface area contributed by atoms with Crippen LogP contribution in [0.1, 0.15) is 99.0 Å². The molecule has 0 aliphatic heterocycles. The molecule has 0 aliphatic carbocycles. The van der Waals surface area contributed by atoms with Gasteiger partial charge in [-0.15, -0.1) is 0 Å². The Kier molecular flexibility index (Phi) is 11.7. The Bertz CT molecular complexity index is 947. The molecule has 0 amide bonds. The SMILES string of the molecule is CCCCCCCCCC/C=C(/OC(=O)C(C)c1ccc(C(=O)c2ccccc2)cc1)C(F)(F)F.